The molecule has 0 aromatic heterocycles. The summed E-state index contributed by atoms with van der Waals surface area (Å²) in [7, 11) is 3.46. The number of nitrogens with zero attached hydrogens (tertiary/aromatic N) is 2. The zero-order valence-electron chi connectivity index (χ0n) is 17.0. The molecular formula is C22H28N4O3. The van der Waals surface area contributed by atoms with Gasteiger partial charge in [-0.05, 0) is 11.6 Å². The van der Waals surface area contributed by atoms with E-state index in [0.29, 0.717) is 32.3 Å². The lowest BCUT2D eigenvalue weighted by Gasteiger charge is -2.17. The number of hydrogen-bond acceptors (Lipinski definition) is 4. The maximum Gasteiger partial charge on any atom is 0.241 e. The summed E-state index contributed by atoms with van der Waals surface area (Å²) in [6.07, 6.45) is 0.861. The Balaban J connectivity index is 1.70. The van der Waals surface area contributed by atoms with Crippen LogP contribution in [0.2, 0.25) is 0 Å². The van der Waals surface area contributed by atoms with E-state index in [2.05, 4.69) is 15.6 Å². The molecule has 7 heteroatoms. The molecule has 1 aliphatic heterocycles. The average Bonchev–Trinajstić information content (AvgIpc) is 2.99. The normalized spacial score (nSPS) is 13.4. The fourth-order valence-corrected chi connectivity index (χ4v) is 2.82. The second-order valence-electron chi connectivity index (χ2n) is 6.94. The van der Waals surface area contributed by atoms with E-state index in [9.17, 15) is 4.79 Å². The molecule has 0 unspecified atom stereocenters. The molecule has 0 bridgehead atoms. The monoisotopic (exact) mass is 396 g/mol. The molecule has 2 N–H and O–H groups in total. The van der Waals surface area contributed by atoms with Gasteiger partial charge in [-0.3, -0.25) is 4.79 Å². The lowest BCUT2D eigenvalue weighted by molar-refractivity contribution is -0.127. The summed E-state index contributed by atoms with van der Waals surface area (Å²) >= 11 is 0. The summed E-state index contributed by atoms with van der Waals surface area (Å²) in [6.45, 7) is 2.47. The van der Waals surface area contributed by atoms with Crippen molar-refractivity contribution in [3.05, 3.63) is 59.7 Å². The number of likely N-dealkylation sites (N-methyl/N-ethyl adjacent to an activating group) is 1. The molecule has 7 nitrogen and oxygen atoms in total. The van der Waals surface area contributed by atoms with Crippen LogP contribution in [0.5, 0.6) is 11.5 Å². The number of carbonyl (C=O) groups excluding carboxylic acids is 1. The molecule has 1 heterocycles. The Kier molecular flexibility index (Phi) is 7.33. The van der Waals surface area contributed by atoms with Gasteiger partial charge in [0, 0.05) is 32.6 Å². The number of fused-ring (bicyclic) bond motifs is 1. The Labute approximate surface area is 171 Å². The van der Waals surface area contributed by atoms with E-state index in [1.807, 2.05) is 48.5 Å². The van der Waals surface area contributed by atoms with Crippen LogP contribution < -0.4 is 20.1 Å². The first-order chi connectivity index (χ1) is 14.1. The molecule has 0 aliphatic carbocycles. The number of amides is 1. The third-order valence-corrected chi connectivity index (χ3v) is 4.47. The van der Waals surface area contributed by atoms with E-state index >= 15 is 0 Å². The Morgan fingerprint density at radius 3 is 2.62 bits per heavy atom. The first kappa shape index (κ1) is 20.5. The van der Waals surface area contributed by atoms with Gasteiger partial charge in [0.2, 0.25) is 5.91 Å². The molecule has 0 atom stereocenters. The Hall–Kier alpha value is -3.22. The molecule has 0 saturated heterocycles. The first-order valence-electron chi connectivity index (χ1n) is 9.77. The summed E-state index contributed by atoms with van der Waals surface area (Å²) in [5.41, 5.74) is 2.08. The maximum absolute atomic E-state index is 12.0. The highest BCUT2D eigenvalue weighted by atomic mass is 16.5. The minimum absolute atomic E-state index is 0.0236. The van der Waals surface area contributed by atoms with E-state index < -0.39 is 0 Å². The SMILES string of the molecule is CN(C)C(=O)CNC(=NCc1ccccc1)NCc1cccc2c1OCCCO2. The van der Waals surface area contributed by atoms with Crippen LogP contribution in [0, 0.1) is 0 Å². The van der Waals surface area contributed by atoms with E-state index in [1.54, 1.807) is 19.0 Å². The third kappa shape index (κ3) is 6.14. The van der Waals surface area contributed by atoms with Gasteiger partial charge in [0.25, 0.3) is 0 Å². The number of rotatable bonds is 6. The summed E-state index contributed by atoms with van der Waals surface area (Å²) in [5, 5.41) is 6.41. The smallest absolute Gasteiger partial charge is 0.241 e. The number of benzene rings is 2. The molecule has 2 aromatic carbocycles. The lowest BCUT2D eigenvalue weighted by Crippen LogP contribution is -2.42. The van der Waals surface area contributed by atoms with Crippen molar-refractivity contribution in [1.29, 1.82) is 0 Å². The number of nitrogens with one attached hydrogen (secondary N) is 2. The highest BCUT2D eigenvalue weighted by Crippen LogP contribution is 2.33. The van der Waals surface area contributed by atoms with Gasteiger partial charge in [0.05, 0.1) is 26.3 Å². The molecular weight excluding hydrogens is 368 g/mol. The largest absolute Gasteiger partial charge is 0.490 e. The van der Waals surface area contributed by atoms with Crippen LogP contribution in [0.25, 0.3) is 0 Å². The number of hydrogen-bond donors (Lipinski definition) is 2. The zero-order valence-corrected chi connectivity index (χ0v) is 17.0. The highest BCUT2D eigenvalue weighted by Gasteiger charge is 2.15. The van der Waals surface area contributed by atoms with E-state index in [-0.39, 0.29) is 12.5 Å². The topological polar surface area (TPSA) is 75.2 Å². The van der Waals surface area contributed by atoms with Gasteiger partial charge in [-0.2, -0.15) is 0 Å². The molecule has 2 aromatic rings. The quantitative estimate of drug-likeness (QED) is 0.578. The summed E-state index contributed by atoms with van der Waals surface area (Å²) in [6, 6.07) is 15.9. The van der Waals surface area contributed by atoms with Crippen LogP contribution in [0.4, 0.5) is 0 Å². The fourth-order valence-electron chi connectivity index (χ4n) is 2.82. The van der Waals surface area contributed by atoms with Crippen LogP contribution >= 0.6 is 0 Å². The number of ether oxygens (including phenoxy) is 2. The summed E-state index contributed by atoms with van der Waals surface area (Å²) in [5.74, 6) is 2.07. The van der Waals surface area contributed by atoms with Crippen LogP contribution in [0.3, 0.4) is 0 Å². The van der Waals surface area contributed by atoms with Gasteiger partial charge in [-0.1, -0.05) is 42.5 Å². The average molecular weight is 396 g/mol. The van der Waals surface area contributed by atoms with Crippen molar-refractivity contribution in [2.24, 2.45) is 4.99 Å². The maximum atomic E-state index is 12.0. The van der Waals surface area contributed by atoms with Crippen molar-refractivity contribution in [3.63, 3.8) is 0 Å². The molecule has 3 rings (SSSR count). The second kappa shape index (κ2) is 10.4. The van der Waals surface area contributed by atoms with Crippen molar-refractivity contribution in [3.8, 4) is 11.5 Å². The Morgan fingerprint density at radius 2 is 1.83 bits per heavy atom. The standard InChI is InChI=1S/C22H28N4O3/c1-26(2)20(27)16-25-22(23-14-17-8-4-3-5-9-17)24-15-18-10-6-11-19-21(18)29-13-7-12-28-19/h3-6,8-11H,7,12-16H2,1-2H3,(H2,23,24,25). The molecule has 1 aliphatic rings. The van der Waals surface area contributed by atoms with Crippen LogP contribution in [-0.2, 0) is 17.9 Å². The van der Waals surface area contributed by atoms with E-state index in [1.165, 1.54) is 0 Å². The predicted molar refractivity (Wildman–Crippen MR) is 113 cm³/mol. The highest BCUT2D eigenvalue weighted by molar-refractivity contribution is 5.86. The van der Waals surface area contributed by atoms with Crippen molar-refractivity contribution < 1.29 is 14.3 Å². The molecule has 29 heavy (non-hydrogen) atoms. The van der Waals surface area contributed by atoms with Crippen LogP contribution in [-0.4, -0.2) is 50.6 Å². The lowest BCUT2D eigenvalue weighted by atomic mass is 10.2. The molecule has 0 saturated carbocycles. The summed E-state index contributed by atoms with van der Waals surface area (Å²) < 4.78 is 11.6. The first-order valence-corrected chi connectivity index (χ1v) is 9.77. The van der Waals surface area contributed by atoms with Gasteiger partial charge < -0.3 is 25.0 Å². The molecule has 0 spiro atoms. The van der Waals surface area contributed by atoms with Crippen LogP contribution in [0.15, 0.2) is 53.5 Å². The van der Waals surface area contributed by atoms with Crippen molar-refractivity contribution >= 4 is 11.9 Å². The molecule has 154 valence electrons. The number of guanidine groups is 1. The second-order valence-corrected chi connectivity index (χ2v) is 6.94. The number of carbonyl (C=O) groups is 1. The summed E-state index contributed by atoms with van der Waals surface area (Å²) in [4.78, 5) is 18.1. The van der Waals surface area contributed by atoms with E-state index in [4.69, 9.17) is 9.47 Å². The van der Waals surface area contributed by atoms with Crippen molar-refractivity contribution in [1.82, 2.24) is 15.5 Å². The van der Waals surface area contributed by atoms with Gasteiger partial charge >= 0.3 is 0 Å². The third-order valence-electron chi connectivity index (χ3n) is 4.47. The number of aliphatic imine (C=N–C) groups is 1. The van der Waals surface area contributed by atoms with Gasteiger partial charge in [-0.15, -0.1) is 0 Å². The minimum Gasteiger partial charge on any atom is -0.490 e. The molecule has 0 radical (unpaired) electrons. The van der Waals surface area contributed by atoms with Crippen LogP contribution in [0.1, 0.15) is 17.5 Å². The van der Waals surface area contributed by atoms with E-state index in [0.717, 1.165) is 29.0 Å². The van der Waals surface area contributed by atoms with Crippen molar-refractivity contribution in [2.75, 3.05) is 33.9 Å². The van der Waals surface area contributed by atoms with Gasteiger partial charge in [0.1, 0.15) is 0 Å². The van der Waals surface area contributed by atoms with Crippen molar-refractivity contribution in [2.45, 2.75) is 19.5 Å². The number of para-hydroxylation sites is 1. The van der Waals surface area contributed by atoms with Gasteiger partial charge in [-0.25, -0.2) is 4.99 Å². The fraction of sp³-hybridized carbons (Fsp3) is 0.364. The Morgan fingerprint density at radius 1 is 1.03 bits per heavy atom. The minimum atomic E-state index is -0.0236. The molecule has 1 amide bonds. The zero-order chi connectivity index (χ0) is 20.5. The van der Waals surface area contributed by atoms with Gasteiger partial charge in [0.15, 0.2) is 17.5 Å². The molecule has 0 fully saturated rings. The Bertz CT molecular complexity index is 837. The predicted octanol–water partition coefficient (Wildman–Crippen LogP) is 2.17.